The molecule has 1 saturated heterocycles. The Morgan fingerprint density at radius 2 is 2.00 bits per heavy atom. The zero-order valence-electron chi connectivity index (χ0n) is 13.5. The van der Waals surface area contributed by atoms with E-state index in [2.05, 4.69) is 46.7 Å². The molecule has 0 aromatic heterocycles. The van der Waals surface area contributed by atoms with Crippen molar-refractivity contribution in [2.45, 2.75) is 38.6 Å². The lowest BCUT2D eigenvalue weighted by molar-refractivity contribution is 0.178. The van der Waals surface area contributed by atoms with E-state index < -0.39 is 0 Å². The molecule has 2 amide bonds. The molecule has 1 atom stereocenters. The van der Waals surface area contributed by atoms with Crippen molar-refractivity contribution in [3.05, 3.63) is 35.4 Å². The van der Waals surface area contributed by atoms with Crippen molar-refractivity contribution in [2.75, 3.05) is 26.2 Å². The number of fused-ring (bicyclic) bond motifs is 1. The van der Waals surface area contributed by atoms with Crippen molar-refractivity contribution in [1.82, 2.24) is 15.5 Å². The highest BCUT2D eigenvalue weighted by atomic mass is 16.2. The Morgan fingerprint density at radius 3 is 2.68 bits per heavy atom. The number of urea groups is 1. The van der Waals surface area contributed by atoms with Crippen LogP contribution in [0.25, 0.3) is 0 Å². The Bertz CT molecular complexity index is 492. The van der Waals surface area contributed by atoms with Gasteiger partial charge in [-0.2, -0.15) is 0 Å². The second-order valence-electron chi connectivity index (χ2n) is 6.63. The third kappa shape index (κ3) is 3.80. The largest absolute Gasteiger partial charge is 0.338 e. The number of carbonyl (C=O) groups is 1. The van der Waals surface area contributed by atoms with Crippen molar-refractivity contribution < 1.29 is 4.79 Å². The molecule has 120 valence electrons. The molecule has 0 radical (unpaired) electrons. The van der Waals surface area contributed by atoms with E-state index >= 15 is 0 Å². The van der Waals surface area contributed by atoms with Gasteiger partial charge in [0.25, 0.3) is 0 Å². The van der Waals surface area contributed by atoms with Crippen LogP contribution < -0.4 is 10.6 Å². The third-order valence-corrected chi connectivity index (χ3v) is 4.99. The lowest BCUT2D eigenvalue weighted by atomic mass is 9.98. The normalized spacial score (nSPS) is 22.3. The van der Waals surface area contributed by atoms with Gasteiger partial charge in [0, 0.05) is 19.1 Å². The highest BCUT2D eigenvalue weighted by Crippen LogP contribution is 2.21. The zero-order chi connectivity index (χ0) is 15.4. The van der Waals surface area contributed by atoms with E-state index in [-0.39, 0.29) is 12.1 Å². The van der Waals surface area contributed by atoms with Gasteiger partial charge >= 0.3 is 6.03 Å². The van der Waals surface area contributed by atoms with Gasteiger partial charge in [-0.15, -0.1) is 0 Å². The smallest absolute Gasteiger partial charge is 0.315 e. The van der Waals surface area contributed by atoms with Gasteiger partial charge in [0.05, 0.1) is 0 Å². The van der Waals surface area contributed by atoms with Gasteiger partial charge in [-0.3, -0.25) is 0 Å². The molecule has 1 fully saturated rings. The van der Waals surface area contributed by atoms with Crippen molar-refractivity contribution in [1.29, 1.82) is 0 Å². The van der Waals surface area contributed by atoms with Crippen LogP contribution in [0.1, 0.15) is 30.9 Å². The molecule has 1 heterocycles. The van der Waals surface area contributed by atoms with E-state index in [9.17, 15) is 4.79 Å². The molecular formula is C18H27N3O. The molecule has 0 spiro atoms. The molecule has 2 N–H and O–H groups in total. The molecule has 4 nitrogen and oxygen atoms in total. The Labute approximate surface area is 133 Å². The molecular weight excluding hydrogens is 274 g/mol. The number of hydrogen-bond acceptors (Lipinski definition) is 2. The summed E-state index contributed by atoms with van der Waals surface area (Å²) >= 11 is 0. The molecule has 2 aliphatic rings. The minimum Gasteiger partial charge on any atom is -0.338 e. The van der Waals surface area contributed by atoms with E-state index in [1.807, 2.05) is 0 Å². The minimum atomic E-state index is -0.00794. The Balaban J connectivity index is 1.40. The molecule has 3 rings (SSSR count). The van der Waals surface area contributed by atoms with Crippen LogP contribution in [0.4, 0.5) is 4.79 Å². The van der Waals surface area contributed by atoms with Gasteiger partial charge in [-0.25, -0.2) is 4.79 Å². The fraction of sp³-hybridized carbons (Fsp3) is 0.611. The van der Waals surface area contributed by atoms with E-state index in [1.165, 1.54) is 30.5 Å². The Morgan fingerprint density at radius 1 is 1.27 bits per heavy atom. The maximum Gasteiger partial charge on any atom is 0.315 e. The van der Waals surface area contributed by atoms with E-state index in [0.717, 1.165) is 32.5 Å². The fourth-order valence-electron chi connectivity index (χ4n) is 3.74. The van der Waals surface area contributed by atoms with Gasteiger partial charge in [-0.05, 0) is 55.8 Å². The lowest BCUT2D eigenvalue weighted by Gasteiger charge is -2.31. The van der Waals surface area contributed by atoms with Crippen molar-refractivity contribution >= 4 is 6.03 Å². The molecule has 1 aliphatic carbocycles. The summed E-state index contributed by atoms with van der Waals surface area (Å²) in [5.74, 6) is 0.597. The zero-order valence-corrected chi connectivity index (χ0v) is 13.5. The van der Waals surface area contributed by atoms with Crippen LogP contribution in [-0.2, 0) is 12.8 Å². The molecule has 22 heavy (non-hydrogen) atoms. The minimum absolute atomic E-state index is 0.00794. The number of benzene rings is 1. The van der Waals surface area contributed by atoms with Crippen molar-refractivity contribution in [2.24, 2.45) is 5.92 Å². The second-order valence-corrected chi connectivity index (χ2v) is 6.63. The first-order valence-electron chi connectivity index (χ1n) is 8.58. The number of rotatable bonds is 4. The SMILES string of the molecule is CCN1CCC[C@@H](CNC(=O)NC2Cc3ccccc3C2)C1. The van der Waals surface area contributed by atoms with Gasteiger partial charge in [0.15, 0.2) is 0 Å². The number of carbonyl (C=O) groups excluding carboxylic acids is 1. The summed E-state index contributed by atoms with van der Waals surface area (Å²) in [6, 6.07) is 8.71. The van der Waals surface area contributed by atoms with Crippen LogP contribution in [0.15, 0.2) is 24.3 Å². The average Bonchev–Trinajstić information content (AvgIpc) is 2.95. The quantitative estimate of drug-likeness (QED) is 0.895. The van der Waals surface area contributed by atoms with Crippen LogP contribution in [0.3, 0.4) is 0 Å². The van der Waals surface area contributed by atoms with E-state index in [4.69, 9.17) is 0 Å². The lowest BCUT2D eigenvalue weighted by Crippen LogP contribution is -2.46. The molecule has 0 unspecified atom stereocenters. The van der Waals surface area contributed by atoms with Crippen LogP contribution in [-0.4, -0.2) is 43.2 Å². The standard InChI is InChI=1S/C18H27N3O/c1-2-21-9-5-6-14(13-21)12-19-18(22)20-17-10-15-7-3-4-8-16(15)11-17/h3-4,7-8,14,17H,2,5-6,9-13H2,1H3,(H2,19,20,22)/t14-/m0/s1. The van der Waals surface area contributed by atoms with Crippen LogP contribution in [0, 0.1) is 5.92 Å². The number of likely N-dealkylation sites (tertiary alicyclic amines) is 1. The van der Waals surface area contributed by atoms with Crippen LogP contribution in [0.5, 0.6) is 0 Å². The predicted molar refractivity (Wildman–Crippen MR) is 89.0 cm³/mol. The monoisotopic (exact) mass is 301 g/mol. The summed E-state index contributed by atoms with van der Waals surface area (Å²) in [7, 11) is 0. The third-order valence-electron chi connectivity index (χ3n) is 4.99. The first kappa shape index (κ1) is 15.3. The summed E-state index contributed by atoms with van der Waals surface area (Å²) < 4.78 is 0. The van der Waals surface area contributed by atoms with Gasteiger partial charge in [0.2, 0.25) is 0 Å². The summed E-state index contributed by atoms with van der Waals surface area (Å²) in [6.45, 7) is 6.44. The second kappa shape index (κ2) is 7.14. The molecule has 1 aliphatic heterocycles. The molecule has 1 aromatic carbocycles. The fourth-order valence-corrected chi connectivity index (χ4v) is 3.74. The van der Waals surface area contributed by atoms with Crippen LogP contribution in [0.2, 0.25) is 0 Å². The number of nitrogens with one attached hydrogen (secondary N) is 2. The number of piperidine rings is 1. The van der Waals surface area contributed by atoms with Gasteiger partial charge in [0.1, 0.15) is 0 Å². The molecule has 1 aromatic rings. The topological polar surface area (TPSA) is 44.4 Å². The predicted octanol–water partition coefficient (Wildman–Crippen LogP) is 2.18. The molecule has 0 bridgehead atoms. The van der Waals surface area contributed by atoms with Crippen molar-refractivity contribution in [3.63, 3.8) is 0 Å². The average molecular weight is 301 g/mol. The van der Waals surface area contributed by atoms with Crippen LogP contribution >= 0.6 is 0 Å². The maximum absolute atomic E-state index is 12.1. The summed E-state index contributed by atoms with van der Waals surface area (Å²) in [5.41, 5.74) is 2.75. The first-order chi connectivity index (χ1) is 10.7. The molecule has 0 saturated carbocycles. The summed E-state index contributed by atoms with van der Waals surface area (Å²) in [4.78, 5) is 14.6. The van der Waals surface area contributed by atoms with Gasteiger partial charge in [-0.1, -0.05) is 31.2 Å². The van der Waals surface area contributed by atoms with Gasteiger partial charge < -0.3 is 15.5 Å². The summed E-state index contributed by atoms with van der Waals surface area (Å²) in [6.07, 6.45) is 4.39. The highest BCUT2D eigenvalue weighted by molar-refractivity contribution is 5.74. The molecule has 4 heteroatoms. The maximum atomic E-state index is 12.1. The van der Waals surface area contributed by atoms with E-state index in [0.29, 0.717) is 5.92 Å². The Hall–Kier alpha value is -1.55. The number of nitrogens with zero attached hydrogens (tertiary/aromatic N) is 1. The highest BCUT2D eigenvalue weighted by Gasteiger charge is 2.23. The summed E-state index contributed by atoms with van der Waals surface area (Å²) in [5, 5.41) is 6.20. The number of hydrogen-bond donors (Lipinski definition) is 2. The Kier molecular flexibility index (Phi) is 4.98. The first-order valence-corrected chi connectivity index (χ1v) is 8.58. The van der Waals surface area contributed by atoms with Crippen molar-refractivity contribution in [3.8, 4) is 0 Å². The number of amides is 2. The van der Waals surface area contributed by atoms with E-state index in [1.54, 1.807) is 0 Å².